The first kappa shape index (κ1) is 18.2. The van der Waals surface area contributed by atoms with Crippen LogP contribution in [-0.4, -0.2) is 20.6 Å². The molecule has 1 amide bonds. The summed E-state index contributed by atoms with van der Waals surface area (Å²) in [4.78, 5) is 13.1. The standard InChI is InChI=1S/C19H18N2O3S2/c1-13-6-8-14(9-7-13)15-10-18(25-12-15)19(22)20-16-4-3-5-17(11-16)21-26(2,23)24/h3-12,21H,1-2H3,(H,20,22). The Morgan fingerprint density at radius 1 is 0.962 bits per heavy atom. The van der Waals surface area contributed by atoms with Gasteiger partial charge in [-0.1, -0.05) is 35.9 Å². The third-order valence-corrected chi connectivity index (χ3v) is 5.17. The van der Waals surface area contributed by atoms with E-state index in [2.05, 4.69) is 10.0 Å². The maximum Gasteiger partial charge on any atom is 0.265 e. The molecule has 2 N–H and O–H groups in total. The van der Waals surface area contributed by atoms with Crippen LogP contribution >= 0.6 is 11.3 Å². The van der Waals surface area contributed by atoms with E-state index in [0.29, 0.717) is 16.3 Å². The lowest BCUT2D eigenvalue weighted by atomic mass is 10.1. The Balaban J connectivity index is 1.75. The molecule has 0 fully saturated rings. The summed E-state index contributed by atoms with van der Waals surface area (Å²) < 4.78 is 25.0. The first-order valence-electron chi connectivity index (χ1n) is 7.85. The molecular formula is C19H18N2O3S2. The van der Waals surface area contributed by atoms with Crippen molar-refractivity contribution in [2.45, 2.75) is 6.92 Å². The topological polar surface area (TPSA) is 75.3 Å². The number of nitrogens with one attached hydrogen (secondary N) is 2. The van der Waals surface area contributed by atoms with Crippen LogP contribution in [0.1, 0.15) is 15.2 Å². The summed E-state index contributed by atoms with van der Waals surface area (Å²) in [5.41, 5.74) is 4.16. The summed E-state index contributed by atoms with van der Waals surface area (Å²) in [5, 5.41) is 4.74. The highest BCUT2D eigenvalue weighted by Gasteiger charge is 2.11. The second-order valence-electron chi connectivity index (χ2n) is 5.97. The van der Waals surface area contributed by atoms with Gasteiger partial charge in [-0.15, -0.1) is 11.3 Å². The number of rotatable bonds is 5. The first-order chi connectivity index (χ1) is 12.3. The molecule has 0 spiro atoms. The van der Waals surface area contributed by atoms with Crippen LogP contribution in [-0.2, 0) is 10.0 Å². The van der Waals surface area contributed by atoms with E-state index in [1.807, 2.05) is 42.6 Å². The maximum absolute atomic E-state index is 12.5. The van der Waals surface area contributed by atoms with E-state index < -0.39 is 10.0 Å². The molecule has 3 aromatic rings. The predicted octanol–water partition coefficient (Wildman–Crippen LogP) is 4.35. The normalized spacial score (nSPS) is 11.2. The van der Waals surface area contributed by atoms with Gasteiger partial charge >= 0.3 is 0 Å². The van der Waals surface area contributed by atoms with Gasteiger partial charge in [-0.3, -0.25) is 9.52 Å². The van der Waals surface area contributed by atoms with Gasteiger partial charge < -0.3 is 5.32 Å². The van der Waals surface area contributed by atoms with Gasteiger partial charge in [0.1, 0.15) is 0 Å². The molecule has 0 bridgehead atoms. The van der Waals surface area contributed by atoms with Gasteiger partial charge in [0.05, 0.1) is 16.8 Å². The van der Waals surface area contributed by atoms with Crippen LogP contribution in [0.5, 0.6) is 0 Å². The summed E-state index contributed by atoms with van der Waals surface area (Å²) >= 11 is 1.37. The Kier molecular flexibility index (Phi) is 5.11. The van der Waals surface area contributed by atoms with Crippen LogP contribution in [0.4, 0.5) is 11.4 Å². The number of sulfonamides is 1. The number of benzene rings is 2. The minimum atomic E-state index is -3.37. The lowest BCUT2D eigenvalue weighted by Crippen LogP contribution is -2.12. The zero-order valence-electron chi connectivity index (χ0n) is 14.3. The summed E-state index contributed by atoms with van der Waals surface area (Å²) in [6.45, 7) is 2.03. The first-order valence-corrected chi connectivity index (χ1v) is 10.6. The average molecular weight is 386 g/mol. The Bertz CT molecular complexity index is 1040. The lowest BCUT2D eigenvalue weighted by Gasteiger charge is -2.07. The fraction of sp³-hybridized carbons (Fsp3) is 0.105. The van der Waals surface area contributed by atoms with Gasteiger partial charge in [-0.25, -0.2) is 8.42 Å². The van der Waals surface area contributed by atoms with Gasteiger partial charge in [-0.05, 0) is 47.7 Å². The molecule has 0 unspecified atom stereocenters. The van der Waals surface area contributed by atoms with Crippen LogP contribution in [0.3, 0.4) is 0 Å². The average Bonchev–Trinajstić information content (AvgIpc) is 3.04. The van der Waals surface area contributed by atoms with Crippen molar-refractivity contribution >= 4 is 38.6 Å². The zero-order valence-corrected chi connectivity index (χ0v) is 15.9. The molecule has 1 aromatic heterocycles. The molecule has 0 atom stereocenters. The van der Waals surface area contributed by atoms with Crippen LogP contribution in [0.2, 0.25) is 0 Å². The second-order valence-corrected chi connectivity index (χ2v) is 8.63. The van der Waals surface area contributed by atoms with Crippen molar-refractivity contribution in [1.82, 2.24) is 0 Å². The summed E-state index contributed by atoms with van der Waals surface area (Å²) in [7, 11) is -3.37. The van der Waals surface area contributed by atoms with Crippen LogP contribution in [0.15, 0.2) is 60.0 Å². The maximum atomic E-state index is 12.5. The fourth-order valence-corrected chi connectivity index (χ4v) is 3.79. The molecule has 3 rings (SSSR count). The SMILES string of the molecule is Cc1ccc(-c2csc(C(=O)Nc3cccc(NS(C)(=O)=O)c3)c2)cc1. The molecule has 2 aromatic carbocycles. The molecule has 5 nitrogen and oxygen atoms in total. The second kappa shape index (κ2) is 7.31. The van der Waals surface area contributed by atoms with Gasteiger partial charge in [-0.2, -0.15) is 0 Å². The van der Waals surface area contributed by atoms with Gasteiger partial charge in [0.2, 0.25) is 10.0 Å². The number of aryl methyl sites for hydroxylation is 1. The molecule has 0 saturated carbocycles. The number of carbonyl (C=O) groups is 1. The molecule has 0 aliphatic carbocycles. The number of carbonyl (C=O) groups excluding carboxylic acids is 1. The van der Waals surface area contributed by atoms with E-state index in [1.54, 1.807) is 24.3 Å². The molecule has 0 aliphatic heterocycles. The number of amides is 1. The van der Waals surface area contributed by atoms with Crippen molar-refractivity contribution in [2.75, 3.05) is 16.3 Å². The Morgan fingerprint density at radius 2 is 1.65 bits per heavy atom. The van der Waals surface area contributed by atoms with Crippen molar-refractivity contribution in [3.8, 4) is 11.1 Å². The number of hydrogen-bond donors (Lipinski definition) is 2. The highest BCUT2D eigenvalue weighted by molar-refractivity contribution is 7.92. The van der Waals surface area contributed by atoms with Crippen LogP contribution in [0.25, 0.3) is 11.1 Å². The Morgan fingerprint density at radius 3 is 2.35 bits per heavy atom. The minimum Gasteiger partial charge on any atom is -0.321 e. The van der Waals surface area contributed by atoms with E-state index in [4.69, 9.17) is 0 Å². The number of hydrogen-bond acceptors (Lipinski definition) is 4. The van der Waals surface area contributed by atoms with Crippen molar-refractivity contribution in [2.24, 2.45) is 0 Å². The smallest absolute Gasteiger partial charge is 0.265 e. The Labute approximate surface area is 156 Å². The number of thiophene rings is 1. The van der Waals surface area contributed by atoms with Crippen LogP contribution in [0, 0.1) is 6.92 Å². The molecule has 7 heteroatoms. The quantitative estimate of drug-likeness (QED) is 0.685. The highest BCUT2D eigenvalue weighted by atomic mass is 32.2. The molecular weight excluding hydrogens is 368 g/mol. The molecule has 1 heterocycles. The third-order valence-electron chi connectivity index (χ3n) is 3.63. The zero-order chi connectivity index (χ0) is 18.7. The van der Waals surface area contributed by atoms with E-state index in [0.717, 1.165) is 17.4 Å². The molecule has 26 heavy (non-hydrogen) atoms. The van der Waals surface area contributed by atoms with E-state index in [1.165, 1.54) is 16.9 Å². The van der Waals surface area contributed by atoms with E-state index >= 15 is 0 Å². The van der Waals surface area contributed by atoms with Crippen molar-refractivity contribution < 1.29 is 13.2 Å². The van der Waals surface area contributed by atoms with Crippen LogP contribution < -0.4 is 10.0 Å². The molecule has 0 saturated heterocycles. The summed E-state index contributed by atoms with van der Waals surface area (Å²) in [6, 6.07) is 16.6. The Hall–Kier alpha value is -2.64. The molecule has 0 radical (unpaired) electrons. The van der Waals surface area contributed by atoms with Gasteiger partial charge in [0.25, 0.3) is 5.91 Å². The van der Waals surface area contributed by atoms with Crippen molar-refractivity contribution in [3.63, 3.8) is 0 Å². The van der Waals surface area contributed by atoms with Gasteiger partial charge in [0, 0.05) is 5.69 Å². The third kappa shape index (κ3) is 4.71. The predicted molar refractivity (Wildman–Crippen MR) is 107 cm³/mol. The minimum absolute atomic E-state index is 0.232. The summed E-state index contributed by atoms with van der Waals surface area (Å²) in [6.07, 6.45) is 1.08. The monoisotopic (exact) mass is 386 g/mol. The van der Waals surface area contributed by atoms with E-state index in [9.17, 15) is 13.2 Å². The van der Waals surface area contributed by atoms with Crippen molar-refractivity contribution in [3.05, 3.63) is 70.4 Å². The number of anilines is 2. The highest BCUT2D eigenvalue weighted by Crippen LogP contribution is 2.27. The van der Waals surface area contributed by atoms with Gasteiger partial charge in [0.15, 0.2) is 0 Å². The molecule has 134 valence electrons. The van der Waals surface area contributed by atoms with E-state index in [-0.39, 0.29) is 5.91 Å². The van der Waals surface area contributed by atoms with Crippen molar-refractivity contribution in [1.29, 1.82) is 0 Å². The summed E-state index contributed by atoms with van der Waals surface area (Å²) in [5.74, 6) is -0.232. The fourth-order valence-electron chi connectivity index (χ4n) is 2.42. The largest absolute Gasteiger partial charge is 0.321 e. The lowest BCUT2D eigenvalue weighted by molar-refractivity contribution is 0.103. The molecule has 0 aliphatic rings.